The van der Waals surface area contributed by atoms with Crippen LogP contribution in [-0.2, 0) is 15.0 Å². The number of Topliss-reactive ketones (excluding diaryl/α,β-unsaturated/α-hetero) is 1. The minimum atomic E-state index is -0.786. The van der Waals surface area contributed by atoms with Gasteiger partial charge in [-0.3, -0.25) is 19.5 Å². The van der Waals surface area contributed by atoms with Crippen LogP contribution in [0.3, 0.4) is 0 Å². The molecule has 0 saturated carbocycles. The van der Waals surface area contributed by atoms with Crippen LogP contribution in [0.5, 0.6) is 5.75 Å². The molecule has 1 aliphatic heterocycles. The van der Waals surface area contributed by atoms with Crippen molar-refractivity contribution in [2.75, 3.05) is 12.0 Å². The summed E-state index contributed by atoms with van der Waals surface area (Å²) in [4.78, 5) is 32.1. The number of pyridine rings is 1. The lowest BCUT2D eigenvalue weighted by molar-refractivity contribution is -0.132. The van der Waals surface area contributed by atoms with Crippen molar-refractivity contribution in [1.82, 2.24) is 4.98 Å². The van der Waals surface area contributed by atoms with E-state index in [1.807, 2.05) is 45.9 Å². The number of hydrogen-bond acceptors (Lipinski definition) is 5. The zero-order valence-corrected chi connectivity index (χ0v) is 20.0. The Morgan fingerprint density at radius 2 is 1.65 bits per heavy atom. The first-order valence-corrected chi connectivity index (χ1v) is 11.1. The highest BCUT2D eigenvalue weighted by molar-refractivity contribution is 6.51. The number of rotatable bonds is 4. The van der Waals surface area contributed by atoms with Gasteiger partial charge in [0.05, 0.1) is 18.7 Å². The molecule has 0 spiro atoms. The second kappa shape index (κ2) is 8.78. The second-order valence-corrected chi connectivity index (χ2v) is 9.45. The quantitative estimate of drug-likeness (QED) is 0.326. The predicted molar refractivity (Wildman–Crippen MR) is 132 cm³/mol. The standard InChI is InChI=1S/C28H28N2O4/c1-17-6-9-20(10-7-17)30-24(18-12-14-29-15-13-18)23(26(32)27(30)33)25(31)19-8-11-22(34-5)21(16-19)28(2,3)4/h6-16,24,31H,1-5H3/b25-23-. The van der Waals surface area contributed by atoms with Crippen LogP contribution >= 0.6 is 0 Å². The number of aromatic nitrogens is 1. The molecule has 1 N–H and O–H groups in total. The molecule has 1 fully saturated rings. The second-order valence-electron chi connectivity index (χ2n) is 9.45. The Kier molecular flexibility index (Phi) is 6.00. The van der Waals surface area contributed by atoms with Gasteiger partial charge in [-0.15, -0.1) is 0 Å². The van der Waals surface area contributed by atoms with Crippen LogP contribution in [0.2, 0.25) is 0 Å². The molecule has 2 heterocycles. The molecule has 4 rings (SSSR count). The Hall–Kier alpha value is -3.93. The SMILES string of the molecule is COc1ccc(/C(O)=C2/C(=O)C(=O)N(c3ccc(C)cc3)C2c2ccncc2)cc1C(C)(C)C. The number of anilines is 1. The van der Waals surface area contributed by atoms with Crippen molar-refractivity contribution in [3.8, 4) is 5.75 Å². The number of aliphatic hydroxyl groups excluding tert-OH is 1. The minimum Gasteiger partial charge on any atom is -0.507 e. The fourth-order valence-electron chi connectivity index (χ4n) is 4.26. The fraction of sp³-hybridized carbons (Fsp3) is 0.250. The molecule has 3 aromatic rings. The number of aliphatic hydroxyl groups is 1. The summed E-state index contributed by atoms with van der Waals surface area (Å²) in [6.07, 6.45) is 3.21. The number of ether oxygens (including phenoxy) is 1. The maximum atomic E-state index is 13.3. The van der Waals surface area contributed by atoms with Crippen LogP contribution in [0.15, 0.2) is 72.6 Å². The van der Waals surface area contributed by atoms with Crippen LogP contribution < -0.4 is 9.64 Å². The Morgan fingerprint density at radius 1 is 1.00 bits per heavy atom. The Balaban J connectivity index is 1.94. The summed E-state index contributed by atoms with van der Waals surface area (Å²) in [6.45, 7) is 8.08. The number of aryl methyl sites for hydroxylation is 1. The molecule has 0 radical (unpaired) electrons. The maximum Gasteiger partial charge on any atom is 0.300 e. The fourth-order valence-corrected chi connectivity index (χ4v) is 4.26. The van der Waals surface area contributed by atoms with Crippen LogP contribution in [0.1, 0.15) is 49.1 Å². The lowest BCUT2D eigenvalue weighted by atomic mass is 9.84. The largest absolute Gasteiger partial charge is 0.507 e. The summed E-state index contributed by atoms with van der Waals surface area (Å²) in [5.41, 5.74) is 3.41. The number of methoxy groups -OCH3 is 1. The molecule has 1 aliphatic rings. The lowest BCUT2D eigenvalue weighted by Gasteiger charge is -2.26. The molecular formula is C28H28N2O4. The average molecular weight is 457 g/mol. The summed E-state index contributed by atoms with van der Waals surface area (Å²) in [5.74, 6) is -0.942. The molecule has 6 heteroatoms. The summed E-state index contributed by atoms with van der Waals surface area (Å²) in [7, 11) is 1.60. The van der Waals surface area contributed by atoms with Gasteiger partial charge in [-0.2, -0.15) is 0 Å². The molecule has 1 aromatic heterocycles. The molecule has 0 aliphatic carbocycles. The third-order valence-electron chi connectivity index (χ3n) is 6.06. The van der Waals surface area contributed by atoms with Crippen molar-refractivity contribution >= 4 is 23.1 Å². The van der Waals surface area contributed by atoms with Gasteiger partial charge in [-0.1, -0.05) is 38.5 Å². The Morgan fingerprint density at radius 3 is 2.24 bits per heavy atom. The summed E-state index contributed by atoms with van der Waals surface area (Å²) in [6, 6.07) is 15.4. The van der Waals surface area contributed by atoms with E-state index >= 15 is 0 Å². The molecule has 1 unspecified atom stereocenters. The molecule has 1 atom stereocenters. The Labute approximate surface area is 199 Å². The molecule has 2 aromatic carbocycles. The first-order chi connectivity index (χ1) is 16.1. The van der Waals surface area contributed by atoms with E-state index in [0.29, 0.717) is 22.6 Å². The van der Waals surface area contributed by atoms with Crippen molar-refractivity contribution in [3.05, 3.63) is 94.8 Å². The van der Waals surface area contributed by atoms with E-state index in [1.165, 1.54) is 4.90 Å². The summed E-state index contributed by atoms with van der Waals surface area (Å²) >= 11 is 0. The monoisotopic (exact) mass is 456 g/mol. The first-order valence-electron chi connectivity index (χ1n) is 11.1. The van der Waals surface area contributed by atoms with Crippen LogP contribution in [-0.4, -0.2) is 28.9 Å². The number of benzene rings is 2. The number of nitrogens with zero attached hydrogens (tertiary/aromatic N) is 2. The van der Waals surface area contributed by atoms with Gasteiger partial charge in [-0.25, -0.2) is 0 Å². The van der Waals surface area contributed by atoms with E-state index in [2.05, 4.69) is 4.98 Å². The normalized spacial score (nSPS) is 17.8. The van der Waals surface area contributed by atoms with Gasteiger partial charge in [-0.05, 0) is 60.4 Å². The van der Waals surface area contributed by atoms with E-state index < -0.39 is 17.7 Å². The van der Waals surface area contributed by atoms with Crippen LogP contribution in [0.4, 0.5) is 5.69 Å². The molecule has 1 amide bonds. The smallest absolute Gasteiger partial charge is 0.300 e. The molecule has 1 saturated heterocycles. The van der Waals surface area contributed by atoms with Crippen molar-refractivity contribution in [1.29, 1.82) is 0 Å². The minimum absolute atomic E-state index is 0.0433. The highest BCUT2D eigenvalue weighted by Gasteiger charge is 2.47. The number of ketones is 1. The van der Waals surface area contributed by atoms with Crippen LogP contribution in [0.25, 0.3) is 5.76 Å². The third-order valence-corrected chi connectivity index (χ3v) is 6.06. The molecule has 34 heavy (non-hydrogen) atoms. The van der Waals surface area contributed by atoms with Crippen molar-refractivity contribution in [3.63, 3.8) is 0 Å². The highest BCUT2D eigenvalue weighted by Crippen LogP contribution is 2.43. The van der Waals surface area contributed by atoms with Gasteiger partial charge in [0.1, 0.15) is 11.5 Å². The summed E-state index contributed by atoms with van der Waals surface area (Å²) in [5, 5.41) is 11.4. The van der Waals surface area contributed by atoms with Gasteiger partial charge in [0.2, 0.25) is 0 Å². The van der Waals surface area contributed by atoms with Gasteiger partial charge in [0.15, 0.2) is 0 Å². The first kappa shape index (κ1) is 23.2. The number of carbonyl (C=O) groups is 2. The van der Waals surface area contributed by atoms with Gasteiger partial charge < -0.3 is 9.84 Å². The molecule has 174 valence electrons. The molecule has 6 nitrogen and oxygen atoms in total. The highest BCUT2D eigenvalue weighted by atomic mass is 16.5. The number of amides is 1. The number of carbonyl (C=O) groups excluding carboxylic acids is 2. The lowest BCUT2D eigenvalue weighted by Crippen LogP contribution is -2.29. The molecular weight excluding hydrogens is 428 g/mol. The zero-order chi connectivity index (χ0) is 24.6. The van der Waals surface area contributed by atoms with E-state index in [0.717, 1.165) is 11.1 Å². The number of hydrogen-bond donors (Lipinski definition) is 1. The third kappa shape index (κ3) is 4.07. The maximum absolute atomic E-state index is 13.3. The summed E-state index contributed by atoms with van der Waals surface area (Å²) < 4.78 is 5.51. The molecule has 0 bridgehead atoms. The van der Waals surface area contributed by atoms with E-state index in [-0.39, 0.29) is 16.7 Å². The van der Waals surface area contributed by atoms with E-state index in [1.54, 1.807) is 55.9 Å². The van der Waals surface area contributed by atoms with Crippen molar-refractivity contribution in [2.45, 2.75) is 39.2 Å². The van der Waals surface area contributed by atoms with Crippen molar-refractivity contribution in [2.24, 2.45) is 0 Å². The van der Waals surface area contributed by atoms with Gasteiger partial charge >= 0.3 is 0 Å². The average Bonchev–Trinajstić information content (AvgIpc) is 3.09. The topological polar surface area (TPSA) is 79.7 Å². The zero-order valence-electron chi connectivity index (χ0n) is 20.0. The van der Waals surface area contributed by atoms with Crippen molar-refractivity contribution < 1.29 is 19.4 Å². The van der Waals surface area contributed by atoms with Gasteiger partial charge in [0, 0.05) is 29.2 Å². The van der Waals surface area contributed by atoms with E-state index in [9.17, 15) is 14.7 Å². The Bertz CT molecular complexity index is 1270. The van der Waals surface area contributed by atoms with Crippen LogP contribution in [0, 0.1) is 6.92 Å². The van der Waals surface area contributed by atoms with E-state index in [4.69, 9.17) is 4.74 Å². The predicted octanol–water partition coefficient (Wildman–Crippen LogP) is 5.32. The van der Waals surface area contributed by atoms with Gasteiger partial charge in [0.25, 0.3) is 11.7 Å².